The fraction of sp³-hybridized carbons (Fsp3) is 0.519. The van der Waals surface area contributed by atoms with E-state index in [9.17, 15) is 18.8 Å². The summed E-state index contributed by atoms with van der Waals surface area (Å²) in [5.41, 5.74) is 0.759. The molecule has 0 aliphatic rings. The molecule has 204 valence electrons. The summed E-state index contributed by atoms with van der Waals surface area (Å²) in [5.74, 6) is 0.921. The molecule has 0 bridgehead atoms. The van der Waals surface area contributed by atoms with E-state index in [0.29, 0.717) is 25.9 Å². The number of β-amino-alcohol motifs (C(OH)–C–C–N with tert-alkyl or cyclic N) is 1. The number of nitrogens with zero attached hydrogens (tertiary/aromatic N) is 2. The molecule has 0 aromatic heterocycles. The first-order chi connectivity index (χ1) is 17.5. The van der Waals surface area contributed by atoms with E-state index in [0.717, 1.165) is 17.7 Å². The van der Waals surface area contributed by atoms with E-state index >= 15 is 0 Å². The van der Waals surface area contributed by atoms with Crippen molar-refractivity contribution in [2.24, 2.45) is 0 Å². The van der Waals surface area contributed by atoms with E-state index in [1.54, 1.807) is 7.11 Å². The van der Waals surface area contributed by atoms with Crippen LogP contribution in [0.15, 0.2) is 41.3 Å². The summed E-state index contributed by atoms with van der Waals surface area (Å²) in [6, 6.07) is 12.5. The molecule has 0 saturated carbocycles. The molecule has 2 aromatic carbocycles. The molecule has 2 aromatic rings. The van der Waals surface area contributed by atoms with Crippen LogP contribution in [-0.2, 0) is 16.4 Å². The number of nitriles is 1. The molecular weight excluding hydrogens is 514 g/mol. The number of benzene rings is 2. The van der Waals surface area contributed by atoms with E-state index < -0.39 is 16.1 Å². The maximum Gasteiger partial charge on any atom is 0.244 e. The summed E-state index contributed by atoms with van der Waals surface area (Å²) in [6.07, 6.45) is 1.19. The van der Waals surface area contributed by atoms with Gasteiger partial charge in [-0.15, -0.1) is 0 Å². The first-order valence-corrected chi connectivity index (χ1v) is 14.2. The summed E-state index contributed by atoms with van der Waals surface area (Å²) in [4.78, 5) is -0.123. The molecule has 1 atom stereocenters. The Kier molecular flexibility index (Phi) is 11.7. The predicted octanol–water partition coefficient (Wildman–Crippen LogP) is 4.38. The summed E-state index contributed by atoms with van der Waals surface area (Å²) in [5, 5.41) is 23.3. The summed E-state index contributed by atoms with van der Waals surface area (Å²) < 4.78 is 38.6. The molecule has 0 radical (unpaired) electrons. The average Bonchev–Trinajstić information content (AvgIpc) is 2.86. The number of methoxy groups -OCH3 is 1. The predicted molar refractivity (Wildman–Crippen MR) is 146 cm³/mol. The minimum atomic E-state index is -3.86. The lowest BCUT2D eigenvalue weighted by Crippen LogP contribution is -2.46. The number of nitrogens with one attached hydrogen (secondary N) is 1. The van der Waals surface area contributed by atoms with Gasteiger partial charge in [0.15, 0.2) is 0 Å². The first-order valence-electron chi connectivity index (χ1n) is 12.4. The standard InChI is InChI=1S/C27H38ClN3O5S/c1-6-14-31(15-7-2)37(33,34)25-13-12-24(23(17-29)26(25)28)36-19-21(32)18-30-27(3,4)16-20-8-10-22(35-5)11-9-20/h8-13,21,30,32H,6-7,14-16,18-19H2,1-5H3/t21-/m1/s1. The fourth-order valence-corrected chi connectivity index (χ4v) is 6.09. The number of rotatable bonds is 15. The van der Waals surface area contributed by atoms with Gasteiger partial charge in [0.25, 0.3) is 0 Å². The molecule has 0 saturated heterocycles. The van der Waals surface area contributed by atoms with Crippen molar-refractivity contribution in [2.75, 3.05) is 33.4 Å². The Labute approximate surface area is 226 Å². The summed E-state index contributed by atoms with van der Waals surface area (Å²) >= 11 is 6.38. The molecule has 0 heterocycles. The van der Waals surface area contributed by atoms with Gasteiger partial charge in [0.2, 0.25) is 10.0 Å². The second-order valence-electron chi connectivity index (χ2n) is 9.52. The molecule has 37 heavy (non-hydrogen) atoms. The van der Waals surface area contributed by atoms with Crippen LogP contribution in [0.3, 0.4) is 0 Å². The van der Waals surface area contributed by atoms with Crippen molar-refractivity contribution in [1.29, 1.82) is 5.26 Å². The van der Waals surface area contributed by atoms with Gasteiger partial charge in [-0.25, -0.2) is 8.42 Å². The normalized spacial score (nSPS) is 12.8. The minimum absolute atomic E-state index is 0.0734. The van der Waals surface area contributed by atoms with Gasteiger partial charge in [-0.1, -0.05) is 37.6 Å². The van der Waals surface area contributed by atoms with E-state index in [1.807, 2.05) is 58.0 Å². The van der Waals surface area contributed by atoms with Crippen molar-refractivity contribution in [3.63, 3.8) is 0 Å². The molecule has 0 amide bonds. The molecular formula is C27H38ClN3O5S. The van der Waals surface area contributed by atoms with Crippen LogP contribution >= 0.6 is 11.6 Å². The van der Waals surface area contributed by atoms with Gasteiger partial charge in [0, 0.05) is 25.2 Å². The Hall–Kier alpha value is -2.35. The van der Waals surface area contributed by atoms with Crippen molar-refractivity contribution in [3.8, 4) is 17.6 Å². The van der Waals surface area contributed by atoms with Gasteiger partial charge in [-0.3, -0.25) is 0 Å². The van der Waals surface area contributed by atoms with Gasteiger partial charge < -0.3 is 19.9 Å². The first kappa shape index (κ1) is 30.9. The zero-order chi connectivity index (χ0) is 27.6. The smallest absolute Gasteiger partial charge is 0.244 e. The zero-order valence-electron chi connectivity index (χ0n) is 22.3. The van der Waals surface area contributed by atoms with Crippen LogP contribution in [0, 0.1) is 11.3 Å². The highest BCUT2D eigenvalue weighted by atomic mass is 35.5. The van der Waals surface area contributed by atoms with Gasteiger partial charge in [-0.2, -0.15) is 9.57 Å². The van der Waals surface area contributed by atoms with Crippen molar-refractivity contribution in [2.45, 2.75) is 63.5 Å². The third kappa shape index (κ3) is 8.59. The van der Waals surface area contributed by atoms with Gasteiger partial charge in [0.1, 0.15) is 40.7 Å². The van der Waals surface area contributed by atoms with E-state index in [2.05, 4.69) is 5.32 Å². The van der Waals surface area contributed by atoms with Crippen LogP contribution in [-0.4, -0.2) is 62.8 Å². The Balaban J connectivity index is 2.05. The van der Waals surface area contributed by atoms with Crippen LogP contribution < -0.4 is 14.8 Å². The topological polar surface area (TPSA) is 112 Å². The van der Waals surface area contributed by atoms with Crippen molar-refractivity contribution in [3.05, 3.63) is 52.5 Å². The number of sulfonamides is 1. The highest BCUT2D eigenvalue weighted by molar-refractivity contribution is 7.89. The van der Waals surface area contributed by atoms with Crippen LogP contribution in [0.25, 0.3) is 0 Å². The maximum absolute atomic E-state index is 13.2. The lowest BCUT2D eigenvalue weighted by molar-refractivity contribution is 0.0987. The molecule has 10 heteroatoms. The van der Waals surface area contributed by atoms with E-state index in [-0.39, 0.29) is 39.9 Å². The Morgan fingerprint density at radius 1 is 1.14 bits per heavy atom. The third-order valence-electron chi connectivity index (χ3n) is 5.80. The van der Waals surface area contributed by atoms with Crippen LogP contribution in [0.2, 0.25) is 5.02 Å². The van der Waals surface area contributed by atoms with Gasteiger partial charge in [0.05, 0.1) is 12.1 Å². The molecule has 0 aliphatic carbocycles. The fourth-order valence-electron chi connectivity index (χ4n) is 3.91. The number of hydrogen-bond acceptors (Lipinski definition) is 7. The molecule has 0 unspecified atom stereocenters. The lowest BCUT2D eigenvalue weighted by Gasteiger charge is -2.28. The Morgan fingerprint density at radius 2 is 1.76 bits per heavy atom. The second kappa shape index (κ2) is 14.0. The van der Waals surface area contributed by atoms with Crippen LogP contribution in [0.5, 0.6) is 11.5 Å². The molecule has 8 nitrogen and oxygen atoms in total. The lowest BCUT2D eigenvalue weighted by atomic mass is 9.94. The molecule has 0 aliphatic heterocycles. The van der Waals surface area contributed by atoms with Crippen LogP contribution in [0.1, 0.15) is 51.7 Å². The van der Waals surface area contributed by atoms with E-state index in [1.165, 1.54) is 16.4 Å². The van der Waals surface area contributed by atoms with Crippen molar-refractivity contribution < 1.29 is 23.0 Å². The largest absolute Gasteiger partial charge is 0.497 e. The summed E-state index contributed by atoms with van der Waals surface area (Å²) in [7, 11) is -2.24. The van der Waals surface area contributed by atoms with Crippen LogP contribution in [0.4, 0.5) is 0 Å². The monoisotopic (exact) mass is 551 g/mol. The highest BCUT2D eigenvalue weighted by Gasteiger charge is 2.28. The number of ether oxygens (including phenoxy) is 2. The number of aliphatic hydroxyl groups excluding tert-OH is 1. The molecule has 0 spiro atoms. The number of hydrogen-bond donors (Lipinski definition) is 2. The SMILES string of the molecule is CCCN(CCC)S(=O)(=O)c1ccc(OC[C@H](O)CNC(C)(C)Cc2ccc(OC)cc2)c(C#N)c1Cl. The van der Waals surface area contributed by atoms with Gasteiger partial charge in [-0.05, 0) is 62.9 Å². The summed E-state index contributed by atoms with van der Waals surface area (Å²) in [6.45, 7) is 8.77. The molecule has 0 fully saturated rings. The maximum atomic E-state index is 13.2. The minimum Gasteiger partial charge on any atom is -0.497 e. The Bertz CT molecular complexity index is 1160. The van der Waals surface area contributed by atoms with E-state index in [4.69, 9.17) is 21.1 Å². The zero-order valence-corrected chi connectivity index (χ0v) is 23.8. The highest BCUT2D eigenvalue weighted by Crippen LogP contribution is 2.34. The van der Waals surface area contributed by atoms with Gasteiger partial charge >= 0.3 is 0 Å². The second-order valence-corrected chi connectivity index (χ2v) is 11.8. The van der Waals surface area contributed by atoms with Crippen molar-refractivity contribution >= 4 is 21.6 Å². The molecule has 2 N–H and O–H groups in total. The molecule has 2 rings (SSSR count). The quantitative estimate of drug-likeness (QED) is 0.338. The Morgan fingerprint density at radius 3 is 2.30 bits per heavy atom. The number of aliphatic hydroxyl groups is 1. The third-order valence-corrected chi connectivity index (χ3v) is 8.24. The van der Waals surface area contributed by atoms with Crippen molar-refractivity contribution in [1.82, 2.24) is 9.62 Å². The number of halogens is 1. The average molecular weight is 552 g/mol.